The molecule has 2 rings (SSSR count). The average Bonchev–Trinajstić information content (AvgIpc) is 2.87. The molecule has 2 N–H and O–H groups in total. The predicted octanol–water partition coefficient (Wildman–Crippen LogP) is 2.58. The summed E-state index contributed by atoms with van der Waals surface area (Å²) in [6, 6.07) is 1.03. The van der Waals surface area contributed by atoms with Crippen LogP contribution in [-0.2, 0) is 10.2 Å². The molecule has 1 saturated carbocycles. The Morgan fingerprint density at radius 2 is 1.89 bits per heavy atom. The monoisotopic (exact) mass is 272 g/mol. The van der Waals surface area contributed by atoms with Gasteiger partial charge in [-0.05, 0) is 18.9 Å². The van der Waals surface area contributed by atoms with E-state index in [1.807, 2.05) is 0 Å². The van der Waals surface area contributed by atoms with Gasteiger partial charge in [0.25, 0.3) is 0 Å². The lowest BCUT2D eigenvalue weighted by atomic mass is 9.78. The van der Waals surface area contributed by atoms with Gasteiger partial charge >= 0.3 is 5.97 Å². The van der Waals surface area contributed by atoms with E-state index in [1.165, 1.54) is 7.11 Å². The normalized spacial score (nSPS) is 17.4. The van der Waals surface area contributed by atoms with Gasteiger partial charge in [-0.15, -0.1) is 0 Å². The molecule has 4 nitrogen and oxygen atoms in total. The van der Waals surface area contributed by atoms with Gasteiger partial charge in [-0.25, -0.2) is 4.39 Å². The third-order valence-corrected chi connectivity index (χ3v) is 3.75. The lowest BCUT2D eigenvalue weighted by Gasteiger charge is -2.25. The largest absolute Gasteiger partial charge is 0.503 e. The van der Waals surface area contributed by atoms with Crippen LogP contribution in [0.2, 0.25) is 0 Å². The van der Waals surface area contributed by atoms with E-state index < -0.39 is 28.8 Å². The molecule has 1 aromatic carbocycles. The van der Waals surface area contributed by atoms with E-state index >= 15 is 0 Å². The highest BCUT2D eigenvalue weighted by Crippen LogP contribution is 2.46. The quantitative estimate of drug-likeness (QED) is 0.887. The summed E-state index contributed by atoms with van der Waals surface area (Å²) in [4.78, 5) is 11.5. The van der Waals surface area contributed by atoms with Gasteiger partial charge in [-0.1, -0.05) is 12.8 Å². The Kier molecular flexibility index (Phi) is 3.34. The van der Waals surface area contributed by atoms with Crippen LogP contribution in [0.5, 0.6) is 11.5 Å². The van der Waals surface area contributed by atoms with Gasteiger partial charge in [0.05, 0.1) is 12.5 Å². The van der Waals surface area contributed by atoms with E-state index in [0.29, 0.717) is 12.8 Å². The number of carboxylic acid groups (broad SMARTS) is 1. The van der Waals surface area contributed by atoms with Gasteiger partial charge in [0.15, 0.2) is 17.3 Å². The summed E-state index contributed by atoms with van der Waals surface area (Å²) in [7, 11) is 1.17. The summed E-state index contributed by atoms with van der Waals surface area (Å²) in [5.41, 5.74) is -1.63. The zero-order valence-electron chi connectivity index (χ0n) is 10.4. The summed E-state index contributed by atoms with van der Waals surface area (Å²) >= 11 is 0. The number of hydrogen-bond donors (Lipinski definition) is 2. The lowest BCUT2D eigenvalue weighted by Crippen LogP contribution is -2.33. The smallest absolute Gasteiger partial charge is 0.314 e. The second kappa shape index (κ2) is 4.68. The predicted molar refractivity (Wildman–Crippen MR) is 62.4 cm³/mol. The second-order valence-corrected chi connectivity index (χ2v) is 4.70. The Bertz CT molecular complexity index is 522. The number of aliphatic carboxylic acids is 1. The maximum atomic E-state index is 14.0. The Morgan fingerprint density at radius 1 is 1.32 bits per heavy atom. The Hall–Kier alpha value is -1.85. The lowest BCUT2D eigenvalue weighted by molar-refractivity contribution is -0.143. The number of phenolic OH excluding ortho intramolecular Hbond substituents is 1. The maximum absolute atomic E-state index is 14.0. The molecule has 0 aromatic heterocycles. The van der Waals surface area contributed by atoms with E-state index in [4.69, 9.17) is 4.74 Å². The third kappa shape index (κ3) is 1.91. The van der Waals surface area contributed by atoms with Crippen molar-refractivity contribution in [2.45, 2.75) is 31.1 Å². The van der Waals surface area contributed by atoms with Gasteiger partial charge in [-0.2, -0.15) is 4.39 Å². The first-order chi connectivity index (χ1) is 8.94. The molecular weight excluding hydrogens is 258 g/mol. The van der Waals surface area contributed by atoms with Crippen LogP contribution in [0.15, 0.2) is 6.07 Å². The fourth-order valence-corrected chi connectivity index (χ4v) is 2.67. The van der Waals surface area contributed by atoms with Crippen molar-refractivity contribution in [3.05, 3.63) is 23.3 Å². The SMILES string of the molecule is COc1cc(C2(C(=O)O)CCCC2)c(F)c(O)c1F. The Balaban J connectivity index is 2.67. The molecule has 104 valence electrons. The van der Waals surface area contributed by atoms with Crippen molar-refractivity contribution in [2.75, 3.05) is 7.11 Å². The summed E-state index contributed by atoms with van der Waals surface area (Å²) in [6.07, 6.45) is 1.80. The van der Waals surface area contributed by atoms with Gasteiger partial charge in [0.2, 0.25) is 5.82 Å². The first-order valence-electron chi connectivity index (χ1n) is 5.93. The number of benzene rings is 1. The molecule has 0 atom stereocenters. The zero-order chi connectivity index (χ0) is 14.2. The van der Waals surface area contributed by atoms with Crippen molar-refractivity contribution in [1.29, 1.82) is 0 Å². The molecule has 0 saturated heterocycles. The number of halogens is 2. The highest BCUT2D eigenvalue weighted by atomic mass is 19.1. The van der Waals surface area contributed by atoms with Crippen LogP contribution in [0.25, 0.3) is 0 Å². The van der Waals surface area contributed by atoms with Crippen molar-refractivity contribution < 1.29 is 28.5 Å². The summed E-state index contributed by atoms with van der Waals surface area (Å²) in [6.45, 7) is 0. The Morgan fingerprint density at radius 3 is 2.37 bits per heavy atom. The van der Waals surface area contributed by atoms with Crippen LogP contribution in [0.4, 0.5) is 8.78 Å². The minimum Gasteiger partial charge on any atom is -0.503 e. The fourth-order valence-electron chi connectivity index (χ4n) is 2.67. The Labute approximate surface area is 108 Å². The molecule has 19 heavy (non-hydrogen) atoms. The molecule has 0 radical (unpaired) electrons. The topological polar surface area (TPSA) is 66.8 Å². The number of carbonyl (C=O) groups is 1. The molecule has 0 bridgehead atoms. The van der Waals surface area contributed by atoms with Crippen LogP contribution >= 0.6 is 0 Å². The number of aromatic hydroxyl groups is 1. The first kappa shape index (κ1) is 13.6. The zero-order valence-corrected chi connectivity index (χ0v) is 10.4. The number of rotatable bonds is 3. The number of hydrogen-bond acceptors (Lipinski definition) is 3. The van der Waals surface area contributed by atoms with Crippen LogP contribution < -0.4 is 4.74 Å². The maximum Gasteiger partial charge on any atom is 0.314 e. The molecule has 1 aromatic rings. The molecule has 0 unspecified atom stereocenters. The van der Waals surface area contributed by atoms with E-state index in [0.717, 1.165) is 6.07 Å². The molecule has 6 heteroatoms. The van der Waals surface area contributed by atoms with E-state index in [-0.39, 0.29) is 24.2 Å². The van der Waals surface area contributed by atoms with Gasteiger partial charge in [0.1, 0.15) is 0 Å². The van der Waals surface area contributed by atoms with E-state index in [1.54, 1.807) is 0 Å². The number of ether oxygens (including phenoxy) is 1. The average molecular weight is 272 g/mol. The van der Waals surface area contributed by atoms with Crippen LogP contribution in [0.3, 0.4) is 0 Å². The number of phenols is 1. The highest BCUT2D eigenvalue weighted by Gasteiger charge is 2.46. The van der Waals surface area contributed by atoms with Crippen LogP contribution in [-0.4, -0.2) is 23.3 Å². The van der Waals surface area contributed by atoms with Crippen molar-refractivity contribution >= 4 is 5.97 Å². The van der Waals surface area contributed by atoms with Gasteiger partial charge in [0, 0.05) is 5.56 Å². The minimum atomic E-state index is -1.41. The number of carboxylic acids is 1. The molecule has 0 aliphatic heterocycles. The van der Waals surface area contributed by atoms with Gasteiger partial charge < -0.3 is 14.9 Å². The summed E-state index contributed by atoms with van der Waals surface area (Å²) in [5.74, 6) is -5.16. The van der Waals surface area contributed by atoms with Crippen molar-refractivity contribution in [3.8, 4) is 11.5 Å². The van der Waals surface area contributed by atoms with Crippen molar-refractivity contribution in [3.63, 3.8) is 0 Å². The molecule has 0 amide bonds. The van der Waals surface area contributed by atoms with Crippen LogP contribution in [0, 0.1) is 11.6 Å². The molecule has 1 fully saturated rings. The van der Waals surface area contributed by atoms with Crippen molar-refractivity contribution in [2.24, 2.45) is 0 Å². The molecule has 1 aliphatic rings. The first-order valence-corrected chi connectivity index (χ1v) is 5.93. The highest BCUT2D eigenvalue weighted by molar-refractivity contribution is 5.82. The fraction of sp³-hybridized carbons (Fsp3) is 0.462. The molecule has 0 heterocycles. The second-order valence-electron chi connectivity index (χ2n) is 4.70. The van der Waals surface area contributed by atoms with Gasteiger partial charge in [-0.3, -0.25) is 4.79 Å². The van der Waals surface area contributed by atoms with E-state index in [9.17, 15) is 23.8 Å². The minimum absolute atomic E-state index is 0.215. The summed E-state index contributed by atoms with van der Waals surface area (Å²) in [5, 5.41) is 18.8. The molecule has 0 spiro atoms. The van der Waals surface area contributed by atoms with Crippen LogP contribution in [0.1, 0.15) is 31.2 Å². The molecular formula is C13H14F2O4. The number of methoxy groups -OCH3 is 1. The molecule has 1 aliphatic carbocycles. The third-order valence-electron chi connectivity index (χ3n) is 3.75. The van der Waals surface area contributed by atoms with E-state index in [2.05, 4.69) is 0 Å². The standard InChI is InChI=1S/C13H14F2O4/c1-19-8-6-7(9(14)11(16)10(8)15)13(12(17)18)4-2-3-5-13/h6,16H,2-5H2,1H3,(H,17,18). The summed E-state index contributed by atoms with van der Waals surface area (Å²) < 4.78 is 32.2. The van der Waals surface area contributed by atoms with Crippen molar-refractivity contribution in [1.82, 2.24) is 0 Å².